The number of amides is 1. The van der Waals surface area contributed by atoms with Gasteiger partial charge < -0.3 is 19.6 Å². The quantitative estimate of drug-likeness (QED) is 0.135. The first-order chi connectivity index (χ1) is 17.3. The van der Waals surface area contributed by atoms with E-state index in [0.717, 1.165) is 22.8 Å². The van der Waals surface area contributed by atoms with Crippen molar-refractivity contribution in [2.75, 3.05) is 34.4 Å². The Morgan fingerprint density at radius 3 is 2.69 bits per heavy atom. The molecule has 0 saturated carbocycles. The Morgan fingerprint density at radius 1 is 1.25 bits per heavy atom. The topological polar surface area (TPSA) is 136 Å². The molecule has 2 heterocycles. The molecule has 192 valence electrons. The van der Waals surface area contributed by atoms with Crippen LogP contribution in [0.2, 0.25) is 0 Å². The number of fused-ring (bicyclic) bond motifs is 1. The lowest BCUT2D eigenvalue weighted by atomic mass is 10.1. The van der Waals surface area contributed by atoms with Crippen LogP contribution in [0.25, 0.3) is 11.0 Å². The van der Waals surface area contributed by atoms with Crippen LogP contribution in [0.4, 0.5) is 0 Å². The SMILES string of the molecule is COCCCOc1ccnc(CS(=O)c2nc3ccccc3n2C(=O)C(/C=N/O)C(=O)N(C)C)c1C. The molecule has 12 heteroatoms. The number of carbonyl (C=O) groups is 2. The Labute approximate surface area is 211 Å². The second-order valence-corrected chi connectivity index (χ2v) is 9.44. The average molecular weight is 516 g/mol. The second-order valence-electron chi connectivity index (χ2n) is 8.10. The van der Waals surface area contributed by atoms with E-state index in [1.165, 1.54) is 19.0 Å². The van der Waals surface area contributed by atoms with Gasteiger partial charge in [-0.2, -0.15) is 0 Å². The number of imidazole rings is 1. The molecule has 3 aromatic rings. The van der Waals surface area contributed by atoms with Gasteiger partial charge in [0.25, 0.3) is 5.91 Å². The number of oxime groups is 1. The van der Waals surface area contributed by atoms with Gasteiger partial charge >= 0.3 is 0 Å². The predicted molar refractivity (Wildman–Crippen MR) is 134 cm³/mol. The number of hydrogen-bond acceptors (Lipinski definition) is 9. The van der Waals surface area contributed by atoms with E-state index in [2.05, 4.69) is 15.1 Å². The lowest BCUT2D eigenvalue weighted by Gasteiger charge is -2.17. The average Bonchev–Trinajstić information content (AvgIpc) is 3.26. The number of carbonyl (C=O) groups excluding carboxylic acids is 2. The van der Waals surface area contributed by atoms with E-state index in [1.54, 1.807) is 43.6 Å². The molecule has 36 heavy (non-hydrogen) atoms. The maximum absolute atomic E-state index is 13.6. The highest BCUT2D eigenvalue weighted by atomic mass is 32.2. The molecular weight excluding hydrogens is 486 g/mol. The van der Waals surface area contributed by atoms with Crippen molar-refractivity contribution in [2.24, 2.45) is 11.1 Å². The van der Waals surface area contributed by atoms with Crippen LogP contribution in [-0.4, -0.2) is 81.3 Å². The summed E-state index contributed by atoms with van der Waals surface area (Å²) in [5.41, 5.74) is 2.08. The Bertz CT molecular complexity index is 1290. The molecule has 0 spiro atoms. The van der Waals surface area contributed by atoms with E-state index >= 15 is 0 Å². The minimum atomic E-state index is -1.81. The Balaban J connectivity index is 1.98. The van der Waals surface area contributed by atoms with Crippen molar-refractivity contribution < 1.29 is 28.5 Å². The predicted octanol–water partition coefficient (Wildman–Crippen LogP) is 2.27. The highest BCUT2D eigenvalue weighted by Gasteiger charge is 2.32. The molecule has 0 aliphatic heterocycles. The van der Waals surface area contributed by atoms with Crippen LogP contribution < -0.4 is 4.74 Å². The molecule has 0 aliphatic carbocycles. The number of pyridine rings is 1. The molecule has 1 N–H and O–H groups in total. The molecular formula is C24H29N5O6S. The van der Waals surface area contributed by atoms with Gasteiger partial charge in [0.1, 0.15) is 5.75 Å². The number of rotatable bonds is 11. The van der Waals surface area contributed by atoms with E-state index in [0.29, 0.717) is 35.7 Å². The van der Waals surface area contributed by atoms with Crippen molar-refractivity contribution in [3.05, 3.63) is 47.8 Å². The summed E-state index contributed by atoms with van der Waals surface area (Å²) in [6.07, 6.45) is 3.14. The number of para-hydroxylation sites is 2. The summed E-state index contributed by atoms with van der Waals surface area (Å²) in [7, 11) is 2.78. The van der Waals surface area contributed by atoms with Crippen LogP contribution >= 0.6 is 0 Å². The van der Waals surface area contributed by atoms with Crippen LogP contribution in [0.1, 0.15) is 22.5 Å². The minimum absolute atomic E-state index is 0.0297. The second kappa shape index (κ2) is 12.4. The third kappa shape index (κ3) is 5.94. The van der Waals surface area contributed by atoms with E-state index in [4.69, 9.17) is 14.7 Å². The summed E-state index contributed by atoms with van der Waals surface area (Å²) in [5, 5.41) is 12.0. The number of methoxy groups -OCH3 is 1. The number of hydrogen-bond donors (Lipinski definition) is 1. The standard InChI is InChI=1S/C24H29N5O6S/c1-16-19(25-11-10-21(16)35-13-7-12-34-4)15-36(33)24-27-18-8-5-6-9-20(18)29(24)23(31)17(14-26-32)22(30)28(2)3/h5-6,8-11,14,17,32H,7,12-13,15H2,1-4H3/b26-14+. The van der Waals surface area contributed by atoms with E-state index in [9.17, 15) is 13.8 Å². The maximum Gasteiger partial charge on any atom is 0.251 e. The fourth-order valence-corrected chi connectivity index (χ4v) is 4.78. The normalized spacial score (nSPS) is 13.1. The third-order valence-corrected chi connectivity index (χ3v) is 6.64. The maximum atomic E-state index is 13.6. The largest absolute Gasteiger partial charge is 0.493 e. The first-order valence-electron chi connectivity index (χ1n) is 11.1. The Morgan fingerprint density at radius 2 is 2.00 bits per heavy atom. The molecule has 0 radical (unpaired) electrons. The number of ether oxygens (including phenoxy) is 2. The van der Waals surface area contributed by atoms with Gasteiger partial charge in [-0.3, -0.25) is 23.3 Å². The lowest BCUT2D eigenvalue weighted by Crippen LogP contribution is -2.38. The van der Waals surface area contributed by atoms with Crippen LogP contribution in [0.5, 0.6) is 5.75 Å². The number of benzene rings is 1. The van der Waals surface area contributed by atoms with Crippen LogP contribution in [-0.2, 0) is 26.1 Å². The highest BCUT2D eigenvalue weighted by Crippen LogP contribution is 2.25. The van der Waals surface area contributed by atoms with E-state index in [1.807, 2.05) is 6.92 Å². The van der Waals surface area contributed by atoms with Gasteiger partial charge in [0.2, 0.25) is 11.1 Å². The molecule has 1 aromatic carbocycles. The van der Waals surface area contributed by atoms with E-state index < -0.39 is 28.5 Å². The van der Waals surface area contributed by atoms with Crippen molar-refractivity contribution in [3.63, 3.8) is 0 Å². The minimum Gasteiger partial charge on any atom is -0.493 e. The summed E-state index contributed by atoms with van der Waals surface area (Å²) in [5.74, 6) is -2.17. The van der Waals surface area contributed by atoms with Crippen LogP contribution in [0.15, 0.2) is 46.8 Å². The Hall–Kier alpha value is -3.64. The molecule has 2 aromatic heterocycles. The van der Waals surface area contributed by atoms with Crippen molar-refractivity contribution in [2.45, 2.75) is 24.3 Å². The Kier molecular flexibility index (Phi) is 9.25. The summed E-state index contributed by atoms with van der Waals surface area (Å²) >= 11 is 0. The zero-order valence-electron chi connectivity index (χ0n) is 20.6. The fraction of sp³-hybridized carbons (Fsp3) is 0.375. The smallest absolute Gasteiger partial charge is 0.251 e. The molecule has 2 atom stereocenters. The number of aromatic nitrogens is 3. The zero-order chi connectivity index (χ0) is 26.2. The summed E-state index contributed by atoms with van der Waals surface area (Å²) < 4.78 is 25.6. The fourth-order valence-electron chi connectivity index (χ4n) is 3.52. The van der Waals surface area contributed by atoms with Gasteiger partial charge in [-0.25, -0.2) is 4.98 Å². The van der Waals surface area contributed by atoms with Crippen molar-refractivity contribution in [1.82, 2.24) is 19.4 Å². The van der Waals surface area contributed by atoms with Gasteiger partial charge in [-0.1, -0.05) is 12.1 Å². The van der Waals surface area contributed by atoms with Crippen LogP contribution in [0.3, 0.4) is 0 Å². The van der Waals surface area contributed by atoms with Gasteiger partial charge in [0, 0.05) is 46.0 Å². The first-order valence-corrected chi connectivity index (χ1v) is 12.5. The van der Waals surface area contributed by atoms with Gasteiger partial charge in [-0.15, -0.1) is 5.16 Å². The van der Waals surface area contributed by atoms with Gasteiger partial charge in [-0.05, 0) is 25.1 Å². The van der Waals surface area contributed by atoms with Crippen LogP contribution in [0, 0.1) is 12.8 Å². The highest BCUT2D eigenvalue weighted by molar-refractivity contribution is 7.84. The van der Waals surface area contributed by atoms with E-state index in [-0.39, 0.29) is 10.9 Å². The molecule has 1 amide bonds. The molecule has 3 rings (SSSR count). The molecule has 0 saturated heterocycles. The monoisotopic (exact) mass is 515 g/mol. The molecule has 2 unspecified atom stereocenters. The molecule has 11 nitrogen and oxygen atoms in total. The summed E-state index contributed by atoms with van der Waals surface area (Å²) in [6.45, 7) is 2.85. The molecule has 0 fully saturated rings. The molecule has 0 bridgehead atoms. The third-order valence-electron chi connectivity index (χ3n) is 5.42. The lowest BCUT2D eigenvalue weighted by molar-refractivity contribution is -0.129. The summed E-state index contributed by atoms with van der Waals surface area (Å²) in [6, 6.07) is 8.51. The number of nitrogens with zero attached hydrogens (tertiary/aromatic N) is 5. The van der Waals surface area contributed by atoms with Crippen molar-refractivity contribution in [3.8, 4) is 5.75 Å². The van der Waals surface area contributed by atoms with Gasteiger partial charge in [0.05, 0.1) is 46.1 Å². The summed E-state index contributed by atoms with van der Waals surface area (Å²) in [4.78, 5) is 36.2. The van der Waals surface area contributed by atoms with Crippen molar-refractivity contribution >= 4 is 39.9 Å². The molecule has 0 aliphatic rings. The van der Waals surface area contributed by atoms with Gasteiger partial charge in [0.15, 0.2) is 5.92 Å². The van der Waals surface area contributed by atoms with Crippen molar-refractivity contribution in [1.29, 1.82) is 0 Å². The zero-order valence-corrected chi connectivity index (χ0v) is 21.4. The first kappa shape index (κ1) is 27.0.